The van der Waals surface area contributed by atoms with Gasteiger partial charge < -0.3 is 10.2 Å². The Morgan fingerprint density at radius 3 is 3.08 bits per heavy atom. The first-order valence-electron chi connectivity index (χ1n) is 8.68. The molecule has 1 spiro atoms. The molecule has 0 saturated carbocycles. The van der Waals surface area contributed by atoms with Gasteiger partial charge in [-0.1, -0.05) is 6.08 Å². The Morgan fingerprint density at radius 2 is 2.33 bits per heavy atom. The molecule has 6 heteroatoms. The van der Waals surface area contributed by atoms with E-state index in [1.807, 2.05) is 25.2 Å². The summed E-state index contributed by atoms with van der Waals surface area (Å²) in [5.74, 6) is 0.845. The van der Waals surface area contributed by atoms with E-state index in [0.717, 1.165) is 44.7 Å². The lowest BCUT2D eigenvalue weighted by Gasteiger charge is -2.40. The predicted octanol–water partition coefficient (Wildman–Crippen LogP) is 1.12. The highest BCUT2D eigenvalue weighted by molar-refractivity contribution is 5.78. The molecular formula is C18H27N5O. The number of piperidine rings is 1. The van der Waals surface area contributed by atoms with Gasteiger partial charge in [0.2, 0.25) is 11.9 Å². The van der Waals surface area contributed by atoms with Gasteiger partial charge in [0.05, 0.1) is 12.2 Å². The van der Waals surface area contributed by atoms with Crippen LogP contribution < -0.4 is 10.2 Å². The van der Waals surface area contributed by atoms with Crippen molar-refractivity contribution in [3.05, 3.63) is 30.1 Å². The van der Waals surface area contributed by atoms with E-state index in [4.69, 9.17) is 4.98 Å². The number of anilines is 1. The number of carbonyl (C=O) groups excluding carboxylic acids is 1. The first kappa shape index (κ1) is 16.9. The summed E-state index contributed by atoms with van der Waals surface area (Å²) in [5, 5.41) is 2.87. The van der Waals surface area contributed by atoms with Crippen molar-refractivity contribution >= 4 is 11.9 Å². The Kier molecular flexibility index (Phi) is 4.85. The molecule has 2 heterocycles. The van der Waals surface area contributed by atoms with Gasteiger partial charge in [-0.25, -0.2) is 9.97 Å². The van der Waals surface area contributed by atoms with E-state index in [1.54, 1.807) is 6.08 Å². The minimum Gasteiger partial charge on any atom is -0.352 e. The lowest BCUT2D eigenvalue weighted by molar-refractivity contribution is -0.122. The number of hydrogen-bond acceptors (Lipinski definition) is 5. The standard InChI is InChI=1S/C18H27N5O/c1-4-9-19-15(24)12-23-10-5-7-18(13-23)8-6-14-11-20-17(22(2)3)21-16(14)18/h4,11H,1,5-10,12-13H2,2-3H3,(H,19,24). The van der Waals surface area contributed by atoms with Crippen LogP contribution in [0.4, 0.5) is 5.95 Å². The number of aryl methyl sites for hydroxylation is 1. The van der Waals surface area contributed by atoms with E-state index >= 15 is 0 Å². The van der Waals surface area contributed by atoms with Gasteiger partial charge in [0.15, 0.2) is 0 Å². The van der Waals surface area contributed by atoms with Crippen LogP contribution in [0.3, 0.4) is 0 Å². The summed E-state index contributed by atoms with van der Waals surface area (Å²) in [4.78, 5) is 25.6. The first-order valence-corrected chi connectivity index (χ1v) is 8.68. The summed E-state index contributed by atoms with van der Waals surface area (Å²) < 4.78 is 0. The number of carbonyl (C=O) groups is 1. The minimum absolute atomic E-state index is 0.0711. The van der Waals surface area contributed by atoms with E-state index < -0.39 is 0 Å². The lowest BCUT2D eigenvalue weighted by atomic mass is 9.77. The summed E-state index contributed by atoms with van der Waals surface area (Å²) in [6.07, 6.45) is 8.10. The molecule has 2 aliphatic rings. The molecule has 1 N–H and O–H groups in total. The van der Waals surface area contributed by atoms with E-state index in [-0.39, 0.29) is 11.3 Å². The highest BCUT2D eigenvalue weighted by Crippen LogP contribution is 2.44. The van der Waals surface area contributed by atoms with Crippen molar-refractivity contribution in [2.45, 2.75) is 31.1 Å². The van der Waals surface area contributed by atoms with Crippen molar-refractivity contribution in [1.82, 2.24) is 20.2 Å². The summed E-state index contributed by atoms with van der Waals surface area (Å²) in [6.45, 7) is 6.51. The lowest BCUT2D eigenvalue weighted by Crippen LogP contribution is -2.48. The number of nitrogens with zero attached hydrogens (tertiary/aromatic N) is 4. The molecule has 1 fully saturated rings. The number of fused-ring (bicyclic) bond motifs is 2. The summed E-state index contributed by atoms with van der Waals surface area (Å²) in [5.41, 5.74) is 2.57. The number of rotatable bonds is 5. The quantitative estimate of drug-likeness (QED) is 0.821. The van der Waals surface area contributed by atoms with Crippen LogP contribution in [-0.2, 0) is 16.6 Å². The van der Waals surface area contributed by atoms with Gasteiger partial charge in [0.25, 0.3) is 0 Å². The summed E-state index contributed by atoms with van der Waals surface area (Å²) >= 11 is 0. The van der Waals surface area contributed by atoms with Crippen LogP contribution in [0.2, 0.25) is 0 Å². The third-order valence-corrected chi connectivity index (χ3v) is 5.09. The van der Waals surface area contributed by atoms with Crippen LogP contribution in [0.25, 0.3) is 0 Å². The Balaban J connectivity index is 1.76. The van der Waals surface area contributed by atoms with E-state index in [9.17, 15) is 4.79 Å². The zero-order chi connectivity index (χ0) is 17.2. The molecule has 1 saturated heterocycles. The second kappa shape index (κ2) is 6.89. The third-order valence-electron chi connectivity index (χ3n) is 5.09. The average molecular weight is 329 g/mol. The van der Waals surface area contributed by atoms with Crippen molar-refractivity contribution in [2.75, 3.05) is 45.2 Å². The van der Waals surface area contributed by atoms with Crippen molar-refractivity contribution in [1.29, 1.82) is 0 Å². The normalized spacial score (nSPS) is 23.1. The van der Waals surface area contributed by atoms with Crippen LogP contribution >= 0.6 is 0 Å². The molecule has 0 radical (unpaired) electrons. The van der Waals surface area contributed by atoms with Crippen LogP contribution in [0.15, 0.2) is 18.9 Å². The van der Waals surface area contributed by atoms with Crippen LogP contribution in [0.5, 0.6) is 0 Å². The molecule has 1 atom stereocenters. The maximum Gasteiger partial charge on any atom is 0.234 e. The number of aromatic nitrogens is 2. The van der Waals surface area contributed by atoms with Crippen molar-refractivity contribution in [2.24, 2.45) is 0 Å². The Labute approximate surface area is 144 Å². The molecule has 130 valence electrons. The topological polar surface area (TPSA) is 61.4 Å². The van der Waals surface area contributed by atoms with E-state index in [0.29, 0.717) is 13.1 Å². The van der Waals surface area contributed by atoms with E-state index in [2.05, 4.69) is 21.8 Å². The number of nitrogens with one attached hydrogen (secondary N) is 1. The number of amides is 1. The zero-order valence-electron chi connectivity index (χ0n) is 14.7. The van der Waals surface area contributed by atoms with Crippen LogP contribution in [0.1, 0.15) is 30.5 Å². The smallest absolute Gasteiger partial charge is 0.234 e. The highest BCUT2D eigenvalue weighted by atomic mass is 16.2. The Hall–Kier alpha value is -1.95. The molecule has 3 rings (SSSR count). The molecule has 0 aromatic carbocycles. The molecule has 6 nitrogen and oxygen atoms in total. The molecule has 1 aromatic rings. The molecule has 1 aliphatic carbocycles. The van der Waals surface area contributed by atoms with Gasteiger partial charge >= 0.3 is 0 Å². The fraction of sp³-hybridized carbons (Fsp3) is 0.611. The first-order chi connectivity index (χ1) is 11.5. The van der Waals surface area contributed by atoms with Crippen molar-refractivity contribution in [3.63, 3.8) is 0 Å². The summed E-state index contributed by atoms with van der Waals surface area (Å²) in [7, 11) is 3.95. The van der Waals surface area contributed by atoms with Gasteiger partial charge in [0.1, 0.15) is 0 Å². The maximum absolute atomic E-state index is 12.0. The molecule has 0 bridgehead atoms. The average Bonchev–Trinajstić information content (AvgIpc) is 2.90. The molecule has 1 unspecified atom stereocenters. The Bertz CT molecular complexity index is 626. The zero-order valence-corrected chi connectivity index (χ0v) is 14.7. The second-order valence-corrected chi connectivity index (χ2v) is 7.13. The van der Waals surface area contributed by atoms with Gasteiger partial charge in [0, 0.05) is 38.8 Å². The van der Waals surface area contributed by atoms with Gasteiger partial charge in [-0.2, -0.15) is 0 Å². The number of hydrogen-bond donors (Lipinski definition) is 1. The largest absolute Gasteiger partial charge is 0.352 e. The molecule has 1 aliphatic heterocycles. The van der Waals surface area contributed by atoms with Crippen molar-refractivity contribution < 1.29 is 4.79 Å². The molecular weight excluding hydrogens is 302 g/mol. The van der Waals surface area contributed by atoms with Gasteiger partial charge in [-0.05, 0) is 37.8 Å². The fourth-order valence-corrected chi connectivity index (χ4v) is 3.95. The van der Waals surface area contributed by atoms with Gasteiger partial charge in [-0.3, -0.25) is 9.69 Å². The molecule has 1 aromatic heterocycles. The maximum atomic E-state index is 12.0. The third kappa shape index (κ3) is 3.29. The predicted molar refractivity (Wildman–Crippen MR) is 95.2 cm³/mol. The van der Waals surface area contributed by atoms with Crippen LogP contribution in [-0.4, -0.2) is 61.0 Å². The molecule has 1 amide bonds. The van der Waals surface area contributed by atoms with Gasteiger partial charge in [-0.15, -0.1) is 6.58 Å². The van der Waals surface area contributed by atoms with E-state index in [1.165, 1.54) is 11.3 Å². The number of likely N-dealkylation sites (tertiary alicyclic amines) is 1. The highest BCUT2D eigenvalue weighted by Gasteiger charge is 2.44. The SMILES string of the molecule is C=CCNC(=O)CN1CCCC2(CCc3cnc(N(C)C)nc32)C1. The van der Waals surface area contributed by atoms with Crippen LogP contribution in [0, 0.1) is 0 Å². The van der Waals surface area contributed by atoms with Crippen molar-refractivity contribution in [3.8, 4) is 0 Å². The molecule has 24 heavy (non-hydrogen) atoms. The second-order valence-electron chi connectivity index (χ2n) is 7.13. The monoisotopic (exact) mass is 329 g/mol. The summed E-state index contributed by atoms with van der Waals surface area (Å²) in [6, 6.07) is 0. The fourth-order valence-electron chi connectivity index (χ4n) is 3.95. The Morgan fingerprint density at radius 1 is 1.50 bits per heavy atom. The minimum atomic E-state index is 0.0711.